The average molecular weight is 444 g/mol. The van der Waals surface area contributed by atoms with Crippen molar-refractivity contribution < 1.29 is 14.6 Å². The molecule has 1 saturated heterocycles. The minimum absolute atomic E-state index is 0.0368. The van der Waals surface area contributed by atoms with Crippen LogP contribution in [0.5, 0.6) is 11.5 Å². The summed E-state index contributed by atoms with van der Waals surface area (Å²) in [6.07, 6.45) is 3.46. The van der Waals surface area contributed by atoms with Gasteiger partial charge in [-0.15, -0.1) is 0 Å². The first-order valence-electron chi connectivity index (χ1n) is 10.9. The number of fused-ring (bicyclic) bond motifs is 1. The van der Waals surface area contributed by atoms with Crippen LogP contribution in [0.15, 0.2) is 33.9 Å². The number of hydrogen-bond donors (Lipinski definition) is 2. The van der Waals surface area contributed by atoms with E-state index < -0.39 is 17.4 Å². The molecule has 0 spiro atoms. The predicted octanol–water partition coefficient (Wildman–Crippen LogP) is 1.25. The first kappa shape index (κ1) is 21.9. The number of aliphatic hydroxyl groups is 1. The monoisotopic (exact) mass is 443 g/mol. The Morgan fingerprint density at radius 3 is 2.41 bits per heavy atom. The molecule has 1 aromatic carbocycles. The standard InChI is InChI=1S/C22H29N5O5/c1-25-19-18(20(29)24-22(25)30)27(21(23-19)26-11-5-3-4-6-12-26)13-15(28)14-32-17-9-7-16(31-2)8-10-17/h7-10,15,28H,3-6,11-14H2,1-2H3,(H,24,29,30)/t15-/m1/s1. The topological polar surface area (TPSA) is 115 Å². The van der Waals surface area contributed by atoms with Crippen molar-refractivity contribution in [3.63, 3.8) is 0 Å². The van der Waals surface area contributed by atoms with E-state index in [-0.39, 0.29) is 18.7 Å². The zero-order chi connectivity index (χ0) is 22.7. The van der Waals surface area contributed by atoms with E-state index in [1.807, 2.05) is 0 Å². The van der Waals surface area contributed by atoms with Gasteiger partial charge in [0, 0.05) is 20.1 Å². The highest BCUT2D eigenvalue weighted by Crippen LogP contribution is 2.23. The number of ether oxygens (including phenoxy) is 2. The summed E-state index contributed by atoms with van der Waals surface area (Å²) in [5.41, 5.74) is -0.450. The molecule has 0 amide bonds. The molecule has 0 aliphatic carbocycles. The van der Waals surface area contributed by atoms with Gasteiger partial charge >= 0.3 is 5.69 Å². The van der Waals surface area contributed by atoms with Crippen LogP contribution in [0.25, 0.3) is 11.2 Å². The SMILES string of the molecule is COc1ccc(OC[C@H](O)Cn2c(N3CCCCCC3)nc3c2c(=O)[nH]c(=O)n3C)cc1. The fourth-order valence-electron chi connectivity index (χ4n) is 4.04. The lowest BCUT2D eigenvalue weighted by Crippen LogP contribution is -2.32. The highest BCUT2D eigenvalue weighted by Gasteiger charge is 2.24. The van der Waals surface area contributed by atoms with E-state index >= 15 is 0 Å². The van der Waals surface area contributed by atoms with E-state index in [0.29, 0.717) is 17.3 Å². The predicted molar refractivity (Wildman–Crippen MR) is 121 cm³/mol. The molecule has 1 aliphatic rings. The van der Waals surface area contributed by atoms with Crippen molar-refractivity contribution in [2.24, 2.45) is 7.05 Å². The molecule has 0 bridgehead atoms. The van der Waals surface area contributed by atoms with Gasteiger partial charge in [-0.25, -0.2) is 4.79 Å². The molecule has 2 aromatic heterocycles. The van der Waals surface area contributed by atoms with Gasteiger partial charge in [-0.3, -0.25) is 14.3 Å². The van der Waals surface area contributed by atoms with Gasteiger partial charge in [0.2, 0.25) is 5.95 Å². The molecule has 0 radical (unpaired) electrons. The zero-order valence-corrected chi connectivity index (χ0v) is 18.4. The Balaban J connectivity index is 1.63. The fourth-order valence-corrected chi connectivity index (χ4v) is 4.04. The largest absolute Gasteiger partial charge is 0.497 e. The van der Waals surface area contributed by atoms with Crippen LogP contribution in [0.4, 0.5) is 5.95 Å². The van der Waals surface area contributed by atoms with Gasteiger partial charge < -0.3 is 24.0 Å². The van der Waals surface area contributed by atoms with Crippen LogP contribution in [0, 0.1) is 0 Å². The van der Waals surface area contributed by atoms with Gasteiger partial charge in [0.05, 0.1) is 13.7 Å². The van der Waals surface area contributed by atoms with Crippen LogP contribution in [-0.4, -0.2) is 57.1 Å². The number of H-pyrrole nitrogens is 1. The summed E-state index contributed by atoms with van der Waals surface area (Å²) in [7, 11) is 3.17. The minimum atomic E-state index is -0.892. The Bertz CT molecular complexity index is 1170. The first-order valence-corrected chi connectivity index (χ1v) is 10.9. The molecule has 32 heavy (non-hydrogen) atoms. The molecule has 1 atom stereocenters. The Labute approximate surface area is 185 Å². The quantitative estimate of drug-likeness (QED) is 0.565. The molecule has 3 heterocycles. The third-order valence-electron chi connectivity index (χ3n) is 5.77. The number of benzene rings is 1. The van der Waals surface area contributed by atoms with E-state index in [1.54, 1.807) is 43.0 Å². The molecule has 2 N–H and O–H groups in total. The van der Waals surface area contributed by atoms with Crippen LogP contribution >= 0.6 is 0 Å². The fraction of sp³-hybridized carbons (Fsp3) is 0.500. The van der Waals surface area contributed by atoms with Crippen molar-refractivity contribution in [2.75, 3.05) is 31.7 Å². The summed E-state index contributed by atoms with van der Waals surface area (Å²) in [6, 6.07) is 7.09. The number of nitrogens with one attached hydrogen (secondary N) is 1. The van der Waals surface area contributed by atoms with Crippen molar-refractivity contribution in [2.45, 2.75) is 38.3 Å². The lowest BCUT2D eigenvalue weighted by atomic mass is 10.2. The maximum Gasteiger partial charge on any atom is 0.329 e. The zero-order valence-electron chi connectivity index (χ0n) is 18.4. The molecule has 172 valence electrons. The molecule has 10 heteroatoms. The second-order valence-electron chi connectivity index (χ2n) is 8.05. The number of aryl methyl sites for hydroxylation is 1. The molecule has 10 nitrogen and oxygen atoms in total. The number of aliphatic hydroxyl groups excluding tert-OH is 1. The molecular weight excluding hydrogens is 414 g/mol. The van der Waals surface area contributed by atoms with Gasteiger partial charge in [0.25, 0.3) is 5.56 Å². The number of aromatic amines is 1. The molecule has 0 saturated carbocycles. The third-order valence-corrected chi connectivity index (χ3v) is 5.77. The van der Waals surface area contributed by atoms with E-state index in [1.165, 1.54) is 4.57 Å². The Kier molecular flexibility index (Phi) is 6.50. The molecular formula is C22H29N5O5. The lowest BCUT2D eigenvalue weighted by molar-refractivity contribution is 0.0936. The first-order chi connectivity index (χ1) is 15.5. The number of rotatable bonds is 7. The van der Waals surface area contributed by atoms with Crippen molar-refractivity contribution in [3.8, 4) is 11.5 Å². The van der Waals surface area contributed by atoms with Crippen LogP contribution in [0.2, 0.25) is 0 Å². The second-order valence-corrected chi connectivity index (χ2v) is 8.05. The van der Waals surface area contributed by atoms with Gasteiger partial charge in [-0.1, -0.05) is 12.8 Å². The molecule has 1 fully saturated rings. The lowest BCUT2D eigenvalue weighted by Gasteiger charge is -2.23. The number of nitrogens with zero attached hydrogens (tertiary/aromatic N) is 4. The van der Waals surface area contributed by atoms with Crippen molar-refractivity contribution in [1.82, 2.24) is 19.1 Å². The maximum absolute atomic E-state index is 12.7. The number of methoxy groups -OCH3 is 1. The summed E-state index contributed by atoms with van der Waals surface area (Å²) in [4.78, 5) is 33.9. The number of aromatic nitrogens is 4. The summed E-state index contributed by atoms with van der Waals surface area (Å²) in [5.74, 6) is 1.92. The summed E-state index contributed by atoms with van der Waals surface area (Å²) < 4.78 is 13.9. The number of hydrogen-bond acceptors (Lipinski definition) is 7. The highest BCUT2D eigenvalue weighted by atomic mass is 16.5. The Morgan fingerprint density at radius 1 is 1.09 bits per heavy atom. The normalized spacial score (nSPS) is 15.5. The summed E-state index contributed by atoms with van der Waals surface area (Å²) in [5, 5.41) is 10.7. The van der Waals surface area contributed by atoms with Crippen LogP contribution in [-0.2, 0) is 13.6 Å². The van der Waals surface area contributed by atoms with Crippen molar-refractivity contribution >= 4 is 17.1 Å². The van der Waals surface area contributed by atoms with Gasteiger partial charge in [0.1, 0.15) is 24.2 Å². The molecule has 3 aromatic rings. The maximum atomic E-state index is 12.7. The van der Waals surface area contributed by atoms with Gasteiger partial charge in [0.15, 0.2) is 11.2 Å². The van der Waals surface area contributed by atoms with Crippen molar-refractivity contribution in [1.29, 1.82) is 0 Å². The Morgan fingerprint density at radius 2 is 1.75 bits per heavy atom. The van der Waals surface area contributed by atoms with E-state index in [0.717, 1.165) is 44.5 Å². The summed E-state index contributed by atoms with van der Waals surface area (Å²) in [6.45, 7) is 1.77. The summed E-state index contributed by atoms with van der Waals surface area (Å²) >= 11 is 0. The van der Waals surface area contributed by atoms with Crippen molar-refractivity contribution in [3.05, 3.63) is 45.1 Å². The third kappa shape index (κ3) is 4.50. The van der Waals surface area contributed by atoms with Crippen LogP contribution in [0.1, 0.15) is 25.7 Å². The van der Waals surface area contributed by atoms with E-state index in [9.17, 15) is 14.7 Å². The van der Waals surface area contributed by atoms with Gasteiger partial charge in [-0.05, 0) is 37.1 Å². The molecule has 1 aliphatic heterocycles. The average Bonchev–Trinajstić information content (AvgIpc) is 2.97. The number of anilines is 1. The van der Waals surface area contributed by atoms with Gasteiger partial charge in [-0.2, -0.15) is 4.98 Å². The van der Waals surface area contributed by atoms with Crippen LogP contribution < -0.4 is 25.6 Å². The smallest absolute Gasteiger partial charge is 0.329 e. The number of imidazole rings is 1. The molecule has 4 rings (SSSR count). The highest BCUT2D eigenvalue weighted by molar-refractivity contribution is 5.74. The second kappa shape index (κ2) is 9.47. The van der Waals surface area contributed by atoms with E-state index in [2.05, 4.69) is 14.9 Å². The Hall–Kier alpha value is -3.27. The van der Waals surface area contributed by atoms with E-state index in [4.69, 9.17) is 9.47 Å². The molecule has 0 unspecified atom stereocenters. The van der Waals surface area contributed by atoms with Crippen LogP contribution in [0.3, 0.4) is 0 Å². The minimum Gasteiger partial charge on any atom is -0.497 e.